The van der Waals surface area contributed by atoms with E-state index in [-0.39, 0.29) is 17.7 Å². The fourth-order valence-corrected chi connectivity index (χ4v) is 2.38. The average Bonchev–Trinajstić information content (AvgIpc) is 2.39. The molecule has 0 spiro atoms. The maximum atomic E-state index is 12.5. The number of ketones is 2. The monoisotopic (exact) mass is 298 g/mol. The van der Waals surface area contributed by atoms with E-state index >= 15 is 0 Å². The van der Waals surface area contributed by atoms with Gasteiger partial charge in [-0.3, -0.25) is 9.59 Å². The second kappa shape index (κ2) is 5.71. The van der Waals surface area contributed by atoms with Crippen LogP contribution in [0.4, 0.5) is 13.2 Å². The summed E-state index contributed by atoms with van der Waals surface area (Å²) in [6.07, 6.45) is -2.96. The second-order valence-electron chi connectivity index (χ2n) is 4.94. The summed E-state index contributed by atoms with van der Waals surface area (Å²) in [5.74, 6) is -4.39. The van der Waals surface area contributed by atoms with Crippen molar-refractivity contribution < 1.29 is 27.9 Å². The molecular weight excluding hydrogens is 285 g/mol. The molecule has 3 nitrogen and oxygen atoms in total. The van der Waals surface area contributed by atoms with Crippen LogP contribution in [0.25, 0.3) is 6.08 Å². The average molecular weight is 298 g/mol. The van der Waals surface area contributed by atoms with Crippen molar-refractivity contribution in [3.05, 3.63) is 35.4 Å². The number of carbonyl (C=O) groups is 2. The molecule has 0 saturated heterocycles. The first-order chi connectivity index (χ1) is 9.79. The third-order valence-electron chi connectivity index (χ3n) is 3.38. The zero-order valence-corrected chi connectivity index (χ0v) is 11.0. The molecule has 1 N–H and O–H groups in total. The zero-order valence-electron chi connectivity index (χ0n) is 11.0. The van der Waals surface area contributed by atoms with Gasteiger partial charge in [-0.2, -0.15) is 13.2 Å². The molecule has 1 aliphatic carbocycles. The van der Waals surface area contributed by atoms with Gasteiger partial charge in [0.15, 0.2) is 5.78 Å². The molecule has 1 fully saturated rings. The normalized spacial score (nSPS) is 21.6. The van der Waals surface area contributed by atoms with Gasteiger partial charge < -0.3 is 5.11 Å². The molecule has 1 aliphatic rings. The predicted octanol–water partition coefficient (Wildman–Crippen LogP) is 3.28. The highest BCUT2D eigenvalue weighted by Gasteiger charge is 2.47. The van der Waals surface area contributed by atoms with E-state index in [2.05, 4.69) is 0 Å². The number of phenols is 1. The fourth-order valence-electron chi connectivity index (χ4n) is 2.38. The van der Waals surface area contributed by atoms with Crippen LogP contribution in [0.15, 0.2) is 29.8 Å². The van der Waals surface area contributed by atoms with E-state index in [1.807, 2.05) is 0 Å². The summed E-state index contributed by atoms with van der Waals surface area (Å²) in [5, 5.41) is 9.34. The fraction of sp³-hybridized carbons (Fsp3) is 0.333. The first-order valence-corrected chi connectivity index (χ1v) is 6.44. The summed E-state index contributed by atoms with van der Waals surface area (Å²) in [4.78, 5) is 23.3. The molecule has 1 aromatic carbocycles. The first-order valence-electron chi connectivity index (χ1n) is 6.44. The molecule has 0 aromatic heterocycles. The van der Waals surface area contributed by atoms with Crippen LogP contribution >= 0.6 is 0 Å². The van der Waals surface area contributed by atoms with Crippen LogP contribution in [-0.2, 0) is 9.59 Å². The first kappa shape index (κ1) is 15.3. The van der Waals surface area contributed by atoms with Crippen molar-refractivity contribution >= 4 is 17.6 Å². The van der Waals surface area contributed by atoms with Crippen molar-refractivity contribution in [2.75, 3.05) is 0 Å². The van der Waals surface area contributed by atoms with Gasteiger partial charge in [0.25, 0.3) is 0 Å². The van der Waals surface area contributed by atoms with Crippen LogP contribution in [-0.4, -0.2) is 22.8 Å². The molecule has 1 saturated carbocycles. The third-order valence-corrected chi connectivity index (χ3v) is 3.38. The maximum Gasteiger partial charge on any atom is 0.450 e. The Morgan fingerprint density at radius 2 is 2.05 bits per heavy atom. The Morgan fingerprint density at radius 1 is 1.33 bits per heavy atom. The highest BCUT2D eigenvalue weighted by atomic mass is 19.4. The van der Waals surface area contributed by atoms with E-state index in [0.717, 1.165) is 0 Å². The van der Waals surface area contributed by atoms with Crippen molar-refractivity contribution in [3.8, 4) is 5.75 Å². The molecule has 112 valence electrons. The number of benzene rings is 1. The number of phenolic OH excluding ortho intramolecular Hbond substituents is 1. The maximum absolute atomic E-state index is 12.5. The minimum Gasteiger partial charge on any atom is -0.508 e. The zero-order chi connectivity index (χ0) is 15.6. The van der Waals surface area contributed by atoms with E-state index < -0.39 is 23.7 Å². The van der Waals surface area contributed by atoms with Gasteiger partial charge in [0.1, 0.15) is 5.75 Å². The van der Waals surface area contributed by atoms with E-state index in [1.165, 1.54) is 18.2 Å². The summed E-state index contributed by atoms with van der Waals surface area (Å²) in [6, 6.07) is 6.03. The molecule has 6 heteroatoms. The molecule has 0 amide bonds. The number of allylic oxidation sites excluding steroid dienone is 1. The molecule has 0 aliphatic heterocycles. The van der Waals surface area contributed by atoms with Gasteiger partial charge in [-0.1, -0.05) is 12.1 Å². The highest BCUT2D eigenvalue weighted by Crippen LogP contribution is 2.32. The van der Waals surface area contributed by atoms with Crippen LogP contribution in [0, 0.1) is 5.92 Å². The van der Waals surface area contributed by atoms with Crippen LogP contribution < -0.4 is 0 Å². The van der Waals surface area contributed by atoms with E-state index in [9.17, 15) is 27.9 Å². The van der Waals surface area contributed by atoms with Crippen molar-refractivity contribution in [1.82, 2.24) is 0 Å². The van der Waals surface area contributed by atoms with Gasteiger partial charge in [0, 0.05) is 0 Å². The number of alkyl halides is 3. The van der Waals surface area contributed by atoms with Crippen LogP contribution in [0.5, 0.6) is 5.75 Å². The van der Waals surface area contributed by atoms with Crippen molar-refractivity contribution in [2.45, 2.75) is 25.4 Å². The lowest BCUT2D eigenvalue weighted by Crippen LogP contribution is -2.37. The van der Waals surface area contributed by atoms with Gasteiger partial charge in [0.05, 0.1) is 5.92 Å². The molecule has 21 heavy (non-hydrogen) atoms. The van der Waals surface area contributed by atoms with Crippen LogP contribution in [0.2, 0.25) is 0 Å². The number of carbonyl (C=O) groups excluding carboxylic acids is 2. The Kier molecular flexibility index (Phi) is 4.16. The third kappa shape index (κ3) is 3.51. The van der Waals surface area contributed by atoms with Gasteiger partial charge in [-0.25, -0.2) is 0 Å². The summed E-state index contributed by atoms with van der Waals surface area (Å²) in [5.41, 5.74) is 0.702. The van der Waals surface area contributed by atoms with Crippen LogP contribution in [0.1, 0.15) is 24.8 Å². The van der Waals surface area contributed by atoms with E-state index in [1.54, 1.807) is 12.1 Å². The summed E-state index contributed by atoms with van der Waals surface area (Å²) in [7, 11) is 0. The Hall–Kier alpha value is -2.11. The minimum absolute atomic E-state index is 0.00414. The Morgan fingerprint density at radius 3 is 2.67 bits per heavy atom. The Bertz CT molecular complexity index is 602. The summed E-state index contributed by atoms with van der Waals surface area (Å²) >= 11 is 0. The number of aromatic hydroxyl groups is 1. The lowest BCUT2D eigenvalue weighted by atomic mass is 9.81. The number of rotatable bonds is 2. The topological polar surface area (TPSA) is 54.4 Å². The van der Waals surface area contributed by atoms with Crippen molar-refractivity contribution in [1.29, 1.82) is 0 Å². The molecule has 0 heterocycles. The predicted molar refractivity (Wildman–Crippen MR) is 69.5 cm³/mol. The number of Topliss-reactive ketones (excluding diaryl/α,β-unsaturated/α-hetero) is 2. The lowest BCUT2D eigenvalue weighted by Gasteiger charge is -2.22. The number of halogens is 3. The molecule has 1 unspecified atom stereocenters. The number of hydrogen-bond acceptors (Lipinski definition) is 3. The minimum atomic E-state index is -4.99. The lowest BCUT2D eigenvalue weighted by molar-refractivity contribution is -0.176. The van der Waals surface area contributed by atoms with Gasteiger partial charge in [-0.05, 0) is 48.6 Å². The molecule has 1 aromatic rings. The quantitative estimate of drug-likeness (QED) is 0.673. The Labute approximate surface area is 119 Å². The molecule has 0 bridgehead atoms. The van der Waals surface area contributed by atoms with Gasteiger partial charge in [0.2, 0.25) is 5.78 Å². The van der Waals surface area contributed by atoms with E-state index in [4.69, 9.17) is 0 Å². The SMILES string of the molecule is O=C1/C(=C/c2cccc(O)c2)CCCC1C(=O)C(F)(F)F. The smallest absolute Gasteiger partial charge is 0.450 e. The van der Waals surface area contributed by atoms with Gasteiger partial charge in [-0.15, -0.1) is 0 Å². The second-order valence-corrected chi connectivity index (χ2v) is 4.94. The van der Waals surface area contributed by atoms with Crippen molar-refractivity contribution in [2.24, 2.45) is 5.92 Å². The molecule has 0 radical (unpaired) electrons. The molecule has 1 atom stereocenters. The summed E-state index contributed by atoms with van der Waals surface area (Å²) < 4.78 is 37.4. The van der Waals surface area contributed by atoms with E-state index in [0.29, 0.717) is 18.4 Å². The van der Waals surface area contributed by atoms with Gasteiger partial charge >= 0.3 is 6.18 Å². The van der Waals surface area contributed by atoms with Crippen LogP contribution in [0.3, 0.4) is 0 Å². The largest absolute Gasteiger partial charge is 0.508 e. The molecular formula is C15H13F3O3. The van der Waals surface area contributed by atoms with Crippen molar-refractivity contribution in [3.63, 3.8) is 0 Å². The molecule has 2 rings (SSSR count). The highest BCUT2D eigenvalue weighted by molar-refractivity contribution is 6.14. The Balaban J connectivity index is 2.26. The number of hydrogen-bond donors (Lipinski definition) is 1. The summed E-state index contributed by atoms with van der Waals surface area (Å²) in [6.45, 7) is 0. The standard InChI is InChI=1S/C15H13F3O3/c16-15(17,18)14(21)12-6-2-4-10(13(12)20)7-9-3-1-5-11(19)8-9/h1,3,5,7-8,12,19H,2,4,6H2/b10-7+.